The topological polar surface area (TPSA) is 43.4 Å². The Labute approximate surface area is 167 Å². The lowest BCUT2D eigenvalue weighted by Crippen LogP contribution is -2.31. The Bertz CT molecular complexity index is 670. The van der Waals surface area contributed by atoms with Crippen molar-refractivity contribution < 1.29 is 12.6 Å². The molecule has 0 spiro atoms. The van der Waals surface area contributed by atoms with E-state index in [1.165, 1.54) is 25.7 Å². The molecule has 0 amide bonds. The average molecular weight is 409 g/mol. The number of hydrogen-bond donors (Lipinski definition) is 0. The SMILES string of the molecule is CCCC[Si@H]1CC[C@H](C2CCC(OS(=O)(=O)c3ccc(C)cc3)CC2)CC1. The monoisotopic (exact) mass is 408 g/mol. The van der Waals surface area contributed by atoms with Crippen LogP contribution in [0.1, 0.15) is 63.9 Å². The molecule has 3 nitrogen and oxygen atoms in total. The maximum absolute atomic E-state index is 12.5. The lowest BCUT2D eigenvalue weighted by molar-refractivity contribution is 0.112. The summed E-state index contributed by atoms with van der Waals surface area (Å²) in [5.74, 6) is 1.69. The van der Waals surface area contributed by atoms with E-state index < -0.39 is 18.9 Å². The van der Waals surface area contributed by atoms with Crippen molar-refractivity contribution in [2.24, 2.45) is 11.8 Å². The summed E-state index contributed by atoms with van der Waals surface area (Å²) in [6, 6.07) is 11.6. The van der Waals surface area contributed by atoms with E-state index in [2.05, 4.69) is 6.92 Å². The number of rotatable bonds is 7. The molecule has 0 atom stereocenters. The zero-order chi connectivity index (χ0) is 19.3. The third-order valence-corrected chi connectivity index (χ3v) is 11.7. The van der Waals surface area contributed by atoms with Crippen LogP contribution < -0.4 is 0 Å². The van der Waals surface area contributed by atoms with Gasteiger partial charge in [0, 0.05) is 8.80 Å². The van der Waals surface area contributed by atoms with Gasteiger partial charge in [-0.15, -0.1) is 0 Å². The fraction of sp³-hybridized carbons (Fsp3) is 0.727. The lowest BCUT2D eigenvalue weighted by atomic mass is 9.76. The molecule has 2 fully saturated rings. The zero-order valence-electron chi connectivity index (χ0n) is 17.0. The molecule has 1 aliphatic heterocycles. The van der Waals surface area contributed by atoms with Gasteiger partial charge >= 0.3 is 0 Å². The number of unbranched alkanes of at least 4 members (excludes halogenated alkanes) is 1. The van der Waals surface area contributed by atoms with Crippen LogP contribution >= 0.6 is 0 Å². The van der Waals surface area contributed by atoms with Gasteiger partial charge < -0.3 is 0 Å². The van der Waals surface area contributed by atoms with Gasteiger partial charge in [-0.25, -0.2) is 0 Å². The maximum Gasteiger partial charge on any atom is 0.297 e. The van der Waals surface area contributed by atoms with Crippen molar-refractivity contribution in [1.29, 1.82) is 0 Å². The van der Waals surface area contributed by atoms with Gasteiger partial charge in [0.15, 0.2) is 0 Å². The molecule has 1 aromatic rings. The Balaban J connectivity index is 1.44. The van der Waals surface area contributed by atoms with Crippen LogP contribution in [-0.2, 0) is 14.3 Å². The van der Waals surface area contributed by atoms with E-state index in [9.17, 15) is 8.42 Å². The van der Waals surface area contributed by atoms with Crippen LogP contribution in [0.3, 0.4) is 0 Å². The van der Waals surface area contributed by atoms with Gasteiger partial charge in [-0.05, 0) is 56.6 Å². The van der Waals surface area contributed by atoms with Crippen molar-refractivity contribution in [2.45, 2.75) is 94.3 Å². The number of aryl methyl sites for hydroxylation is 1. The Morgan fingerprint density at radius 3 is 2.15 bits per heavy atom. The molecule has 0 bridgehead atoms. The van der Waals surface area contributed by atoms with Crippen molar-refractivity contribution in [2.75, 3.05) is 0 Å². The second-order valence-electron chi connectivity index (χ2n) is 8.82. The molecule has 3 rings (SSSR count). The lowest BCUT2D eigenvalue weighted by Gasteiger charge is -2.37. The Morgan fingerprint density at radius 1 is 0.963 bits per heavy atom. The predicted octanol–water partition coefficient (Wildman–Crippen LogP) is 5.70. The quantitative estimate of drug-likeness (QED) is 0.429. The van der Waals surface area contributed by atoms with Crippen molar-refractivity contribution in [3.8, 4) is 0 Å². The van der Waals surface area contributed by atoms with Gasteiger partial charge in [-0.2, -0.15) is 8.42 Å². The van der Waals surface area contributed by atoms with Gasteiger partial charge in [-0.1, -0.05) is 68.4 Å². The van der Waals surface area contributed by atoms with E-state index in [0.29, 0.717) is 0 Å². The Morgan fingerprint density at radius 2 is 1.56 bits per heavy atom. The van der Waals surface area contributed by atoms with Crippen molar-refractivity contribution >= 4 is 18.9 Å². The van der Waals surface area contributed by atoms with Crippen LogP contribution in [-0.4, -0.2) is 23.3 Å². The zero-order valence-corrected chi connectivity index (χ0v) is 19.0. The highest BCUT2D eigenvalue weighted by Crippen LogP contribution is 2.40. The molecule has 5 heteroatoms. The summed E-state index contributed by atoms with van der Waals surface area (Å²) in [6.07, 6.45) is 9.60. The summed E-state index contributed by atoms with van der Waals surface area (Å²) in [7, 11) is -4.05. The molecule has 1 aromatic carbocycles. The summed E-state index contributed by atoms with van der Waals surface area (Å²) in [5, 5.41) is 0. The van der Waals surface area contributed by atoms with Crippen molar-refractivity contribution in [1.82, 2.24) is 0 Å². The summed E-state index contributed by atoms with van der Waals surface area (Å²) < 4.78 is 30.6. The van der Waals surface area contributed by atoms with Crippen molar-refractivity contribution in [3.05, 3.63) is 29.8 Å². The van der Waals surface area contributed by atoms with Gasteiger partial charge in [-0.3, -0.25) is 4.18 Å². The molecule has 1 saturated carbocycles. The van der Waals surface area contributed by atoms with E-state index in [-0.39, 0.29) is 11.0 Å². The highest BCUT2D eigenvalue weighted by molar-refractivity contribution is 7.86. The molecule has 0 N–H and O–H groups in total. The first-order valence-electron chi connectivity index (χ1n) is 11.0. The van der Waals surface area contributed by atoms with Gasteiger partial charge in [0.05, 0.1) is 11.0 Å². The first kappa shape index (κ1) is 21.1. The molecular weight excluding hydrogens is 372 g/mol. The van der Waals surface area contributed by atoms with Crippen LogP contribution in [0, 0.1) is 18.8 Å². The van der Waals surface area contributed by atoms with Crippen molar-refractivity contribution in [3.63, 3.8) is 0 Å². The average Bonchev–Trinajstić information content (AvgIpc) is 2.67. The minimum absolute atomic E-state index is 0.136. The summed E-state index contributed by atoms with van der Waals surface area (Å²) in [4.78, 5) is 0.283. The highest BCUT2D eigenvalue weighted by atomic mass is 32.2. The van der Waals surface area contributed by atoms with E-state index >= 15 is 0 Å². The van der Waals surface area contributed by atoms with Crippen LogP contribution in [0.15, 0.2) is 29.2 Å². The molecule has 0 aromatic heterocycles. The molecule has 1 aliphatic carbocycles. The first-order valence-corrected chi connectivity index (χ1v) is 14.8. The van der Waals surface area contributed by atoms with Crippen LogP contribution in [0.5, 0.6) is 0 Å². The fourth-order valence-corrected chi connectivity index (χ4v) is 9.82. The van der Waals surface area contributed by atoms with Crippen LogP contribution in [0.4, 0.5) is 0 Å². The molecule has 1 heterocycles. The van der Waals surface area contributed by atoms with E-state index in [0.717, 1.165) is 43.1 Å². The maximum atomic E-state index is 12.5. The second-order valence-corrected chi connectivity index (χ2v) is 13.9. The summed E-state index contributed by atoms with van der Waals surface area (Å²) >= 11 is 0. The largest absolute Gasteiger partial charge is 0.297 e. The second kappa shape index (κ2) is 9.70. The van der Waals surface area contributed by atoms with Gasteiger partial charge in [0.2, 0.25) is 0 Å². The third kappa shape index (κ3) is 5.91. The van der Waals surface area contributed by atoms with E-state index in [1.54, 1.807) is 30.3 Å². The van der Waals surface area contributed by atoms with Crippen LogP contribution in [0.2, 0.25) is 18.1 Å². The molecule has 0 unspecified atom stereocenters. The Hall–Kier alpha value is -0.653. The minimum Gasteiger partial charge on any atom is -0.263 e. The molecule has 27 heavy (non-hydrogen) atoms. The summed E-state index contributed by atoms with van der Waals surface area (Å²) in [6.45, 7) is 4.26. The van der Waals surface area contributed by atoms with E-state index in [4.69, 9.17) is 4.18 Å². The van der Waals surface area contributed by atoms with Gasteiger partial charge in [0.1, 0.15) is 0 Å². The summed E-state index contributed by atoms with van der Waals surface area (Å²) in [5.41, 5.74) is 1.06. The molecule has 2 aliphatic rings. The van der Waals surface area contributed by atoms with Gasteiger partial charge in [0.25, 0.3) is 10.1 Å². The van der Waals surface area contributed by atoms with Crippen LogP contribution in [0.25, 0.3) is 0 Å². The molecular formula is C22H36O3SSi. The molecule has 1 saturated heterocycles. The first-order chi connectivity index (χ1) is 13.0. The standard InChI is InChI=1S/C22H36O3SSi/c1-3-4-15-27-16-13-20(14-17-27)19-7-9-21(10-8-19)25-26(23,24)22-11-5-18(2)6-12-22/h5-6,11-12,19-21,27H,3-4,7-10,13-17H2,1-2H3/t19?,20-,21?,27-. The fourth-order valence-electron chi connectivity index (χ4n) is 5.04. The smallest absolute Gasteiger partial charge is 0.263 e. The minimum atomic E-state index is -3.63. The number of benzene rings is 1. The highest BCUT2D eigenvalue weighted by Gasteiger charge is 2.33. The number of hydrogen-bond acceptors (Lipinski definition) is 3. The molecule has 0 radical (unpaired) electrons. The normalized spacial score (nSPS) is 29.6. The molecule has 152 valence electrons. The van der Waals surface area contributed by atoms with E-state index in [1.807, 2.05) is 19.1 Å². The third-order valence-electron chi connectivity index (χ3n) is 6.82. The Kier molecular flexibility index (Phi) is 7.57. The predicted molar refractivity (Wildman–Crippen MR) is 114 cm³/mol.